The first kappa shape index (κ1) is 16.5. The van der Waals surface area contributed by atoms with Gasteiger partial charge in [-0.3, -0.25) is 4.79 Å². The molecule has 0 fully saturated rings. The molecule has 0 aliphatic rings. The first-order chi connectivity index (χ1) is 9.58. The van der Waals surface area contributed by atoms with E-state index in [4.69, 9.17) is 10.5 Å². The first-order valence-corrected chi connectivity index (χ1v) is 7.27. The topological polar surface area (TPSA) is 64.3 Å². The average molecular weight is 278 g/mol. The van der Waals surface area contributed by atoms with E-state index in [0.29, 0.717) is 25.5 Å². The summed E-state index contributed by atoms with van der Waals surface area (Å²) in [5, 5.41) is 2.91. The van der Waals surface area contributed by atoms with Crippen molar-refractivity contribution in [1.29, 1.82) is 0 Å². The van der Waals surface area contributed by atoms with E-state index in [1.807, 2.05) is 24.3 Å². The van der Waals surface area contributed by atoms with Gasteiger partial charge in [0, 0.05) is 31.9 Å². The van der Waals surface area contributed by atoms with Crippen molar-refractivity contribution in [3.63, 3.8) is 0 Å². The largest absolute Gasteiger partial charge is 0.399 e. The summed E-state index contributed by atoms with van der Waals surface area (Å²) in [6.07, 6.45) is 2.12. The summed E-state index contributed by atoms with van der Waals surface area (Å²) in [7, 11) is 0. The summed E-state index contributed by atoms with van der Waals surface area (Å²) in [4.78, 5) is 11.6. The van der Waals surface area contributed by atoms with Gasteiger partial charge in [-0.25, -0.2) is 0 Å². The Labute approximate surface area is 121 Å². The number of carbonyl (C=O) groups excluding carboxylic acids is 1. The van der Waals surface area contributed by atoms with Crippen LogP contribution in [0.2, 0.25) is 0 Å². The molecule has 4 heteroatoms. The molecule has 0 bridgehead atoms. The Morgan fingerprint density at radius 2 is 2.00 bits per heavy atom. The van der Waals surface area contributed by atoms with Crippen molar-refractivity contribution in [3.05, 3.63) is 29.8 Å². The van der Waals surface area contributed by atoms with Crippen LogP contribution < -0.4 is 11.1 Å². The maximum Gasteiger partial charge on any atom is 0.220 e. The molecule has 1 aromatic carbocycles. The molecule has 0 aliphatic carbocycles. The molecule has 0 saturated heterocycles. The summed E-state index contributed by atoms with van der Waals surface area (Å²) in [6, 6.07) is 7.64. The Hall–Kier alpha value is -1.55. The lowest BCUT2D eigenvalue weighted by atomic mass is 10.1. The van der Waals surface area contributed by atoms with Crippen LogP contribution in [0.25, 0.3) is 0 Å². The van der Waals surface area contributed by atoms with Crippen molar-refractivity contribution in [1.82, 2.24) is 5.32 Å². The molecule has 0 aliphatic heterocycles. The SMILES string of the molecule is CC(C)COCCCNC(=O)CCc1ccc(N)cc1. The fourth-order valence-electron chi connectivity index (χ4n) is 1.75. The molecule has 1 amide bonds. The third-order valence-corrected chi connectivity index (χ3v) is 2.86. The van der Waals surface area contributed by atoms with Gasteiger partial charge in [0.05, 0.1) is 0 Å². The van der Waals surface area contributed by atoms with E-state index in [1.54, 1.807) is 0 Å². The quantitative estimate of drug-likeness (QED) is 0.538. The van der Waals surface area contributed by atoms with Gasteiger partial charge < -0.3 is 15.8 Å². The Balaban J connectivity index is 2.04. The molecule has 1 rings (SSSR count). The summed E-state index contributed by atoms with van der Waals surface area (Å²) < 4.78 is 5.45. The number of hydrogen-bond donors (Lipinski definition) is 2. The highest BCUT2D eigenvalue weighted by molar-refractivity contribution is 5.76. The summed E-state index contributed by atoms with van der Waals surface area (Å²) in [5.74, 6) is 0.648. The standard InChI is InChI=1S/C16H26N2O2/c1-13(2)12-20-11-3-10-18-16(19)9-6-14-4-7-15(17)8-5-14/h4-5,7-8,13H,3,6,9-12,17H2,1-2H3,(H,18,19). The Morgan fingerprint density at radius 3 is 2.65 bits per heavy atom. The average Bonchev–Trinajstić information content (AvgIpc) is 2.41. The number of anilines is 1. The zero-order valence-corrected chi connectivity index (χ0v) is 12.5. The highest BCUT2D eigenvalue weighted by Crippen LogP contribution is 2.07. The van der Waals surface area contributed by atoms with Gasteiger partial charge >= 0.3 is 0 Å². The van der Waals surface area contributed by atoms with Gasteiger partial charge in [-0.05, 0) is 36.5 Å². The third kappa shape index (κ3) is 7.79. The van der Waals surface area contributed by atoms with Crippen molar-refractivity contribution < 1.29 is 9.53 Å². The number of ether oxygens (including phenoxy) is 1. The van der Waals surface area contributed by atoms with Crippen molar-refractivity contribution in [2.45, 2.75) is 33.1 Å². The number of aryl methyl sites for hydroxylation is 1. The smallest absolute Gasteiger partial charge is 0.220 e. The van der Waals surface area contributed by atoms with E-state index < -0.39 is 0 Å². The monoisotopic (exact) mass is 278 g/mol. The predicted molar refractivity (Wildman–Crippen MR) is 82.5 cm³/mol. The second-order valence-corrected chi connectivity index (χ2v) is 5.41. The number of rotatable bonds is 9. The number of carbonyl (C=O) groups is 1. The van der Waals surface area contributed by atoms with E-state index in [-0.39, 0.29) is 5.91 Å². The maximum atomic E-state index is 11.6. The molecule has 0 spiro atoms. The second kappa shape index (κ2) is 9.37. The molecule has 1 aromatic rings. The highest BCUT2D eigenvalue weighted by atomic mass is 16.5. The van der Waals surface area contributed by atoms with E-state index in [9.17, 15) is 4.79 Å². The van der Waals surface area contributed by atoms with Crippen LogP contribution >= 0.6 is 0 Å². The maximum absolute atomic E-state index is 11.6. The highest BCUT2D eigenvalue weighted by Gasteiger charge is 2.02. The predicted octanol–water partition coefficient (Wildman–Crippen LogP) is 2.38. The fraction of sp³-hybridized carbons (Fsp3) is 0.562. The molecule has 0 aromatic heterocycles. The number of amides is 1. The van der Waals surface area contributed by atoms with Crippen LogP contribution in [0.15, 0.2) is 24.3 Å². The second-order valence-electron chi connectivity index (χ2n) is 5.41. The Kier molecular flexibility index (Phi) is 7.73. The van der Waals surface area contributed by atoms with Crippen LogP contribution in [0.3, 0.4) is 0 Å². The number of nitrogens with two attached hydrogens (primary N) is 1. The lowest BCUT2D eigenvalue weighted by Gasteiger charge is -2.08. The lowest BCUT2D eigenvalue weighted by Crippen LogP contribution is -2.25. The molecule has 0 unspecified atom stereocenters. The van der Waals surface area contributed by atoms with Crippen LogP contribution in [-0.4, -0.2) is 25.7 Å². The zero-order valence-electron chi connectivity index (χ0n) is 12.5. The Bertz CT molecular complexity index is 388. The van der Waals surface area contributed by atoms with Gasteiger partial charge in [-0.2, -0.15) is 0 Å². The van der Waals surface area contributed by atoms with E-state index in [0.717, 1.165) is 30.7 Å². The van der Waals surface area contributed by atoms with Crippen molar-refractivity contribution in [2.24, 2.45) is 5.92 Å². The van der Waals surface area contributed by atoms with Gasteiger partial charge in [0.25, 0.3) is 0 Å². The Morgan fingerprint density at radius 1 is 1.30 bits per heavy atom. The van der Waals surface area contributed by atoms with Crippen LogP contribution in [0, 0.1) is 5.92 Å². The van der Waals surface area contributed by atoms with Gasteiger partial charge in [-0.1, -0.05) is 26.0 Å². The van der Waals surface area contributed by atoms with Crippen LogP contribution in [0.1, 0.15) is 32.3 Å². The number of nitrogen functional groups attached to an aromatic ring is 1. The first-order valence-electron chi connectivity index (χ1n) is 7.27. The number of nitrogens with one attached hydrogen (secondary N) is 1. The molecular formula is C16H26N2O2. The molecule has 3 N–H and O–H groups in total. The third-order valence-electron chi connectivity index (χ3n) is 2.86. The van der Waals surface area contributed by atoms with Gasteiger partial charge in [0.2, 0.25) is 5.91 Å². The minimum absolute atomic E-state index is 0.0886. The molecule has 0 atom stereocenters. The molecule has 0 radical (unpaired) electrons. The molecular weight excluding hydrogens is 252 g/mol. The van der Waals surface area contributed by atoms with Gasteiger partial charge in [0.1, 0.15) is 0 Å². The van der Waals surface area contributed by atoms with E-state index in [1.165, 1.54) is 0 Å². The number of hydrogen-bond acceptors (Lipinski definition) is 3. The van der Waals surface area contributed by atoms with Crippen molar-refractivity contribution in [2.75, 3.05) is 25.5 Å². The van der Waals surface area contributed by atoms with Crippen molar-refractivity contribution >= 4 is 11.6 Å². The summed E-state index contributed by atoms with van der Waals surface area (Å²) in [5.41, 5.74) is 7.50. The fourth-order valence-corrected chi connectivity index (χ4v) is 1.75. The van der Waals surface area contributed by atoms with Gasteiger partial charge in [0.15, 0.2) is 0 Å². The van der Waals surface area contributed by atoms with Crippen molar-refractivity contribution in [3.8, 4) is 0 Å². The summed E-state index contributed by atoms with van der Waals surface area (Å²) >= 11 is 0. The normalized spacial score (nSPS) is 10.8. The van der Waals surface area contributed by atoms with E-state index >= 15 is 0 Å². The molecule has 20 heavy (non-hydrogen) atoms. The van der Waals surface area contributed by atoms with Crippen LogP contribution in [0.5, 0.6) is 0 Å². The molecule has 0 heterocycles. The number of benzene rings is 1. The van der Waals surface area contributed by atoms with Crippen LogP contribution in [0.4, 0.5) is 5.69 Å². The molecule has 112 valence electrons. The summed E-state index contributed by atoms with van der Waals surface area (Å²) in [6.45, 7) is 6.41. The zero-order chi connectivity index (χ0) is 14.8. The van der Waals surface area contributed by atoms with Gasteiger partial charge in [-0.15, -0.1) is 0 Å². The minimum atomic E-state index is 0.0886. The van der Waals surface area contributed by atoms with E-state index in [2.05, 4.69) is 19.2 Å². The molecule has 4 nitrogen and oxygen atoms in total. The van der Waals surface area contributed by atoms with Crippen LogP contribution in [-0.2, 0) is 16.0 Å². The molecule has 0 saturated carbocycles. The minimum Gasteiger partial charge on any atom is -0.399 e. The lowest BCUT2D eigenvalue weighted by molar-refractivity contribution is -0.121.